The van der Waals surface area contributed by atoms with Gasteiger partial charge in [0, 0.05) is 12.6 Å². The molecule has 0 aliphatic rings. The number of carbonyl (C=O) groups excluding carboxylic acids is 2. The highest BCUT2D eigenvalue weighted by molar-refractivity contribution is 7.92. The second kappa shape index (κ2) is 12.4. The van der Waals surface area contributed by atoms with Crippen molar-refractivity contribution in [3.8, 4) is 5.75 Å². The number of rotatable bonds is 12. The number of benzene rings is 2. The highest BCUT2D eigenvalue weighted by atomic mass is 32.2. The second-order valence-corrected chi connectivity index (χ2v) is 10.1. The van der Waals surface area contributed by atoms with Gasteiger partial charge in [-0.3, -0.25) is 13.9 Å². The van der Waals surface area contributed by atoms with Crippen molar-refractivity contribution in [2.75, 3.05) is 24.2 Å². The van der Waals surface area contributed by atoms with Crippen LogP contribution < -0.4 is 14.4 Å². The zero-order valence-electron chi connectivity index (χ0n) is 20.5. The first-order chi connectivity index (χ1) is 16.1. The minimum absolute atomic E-state index is 0.0489. The Hall–Kier alpha value is -3.07. The fourth-order valence-corrected chi connectivity index (χ4v) is 4.39. The second-order valence-electron chi connectivity index (χ2n) is 8.22. The van der Waals surface area contributed by atoms with Crippen molar-refractivity contribution < 1.29 is 22.7 Å². The summed E-state index contributed by atoms with van der Waals surface area (Å²) in [4.78, 5) is 28.1. The maximum absolute atomic E-state index is 13.6. The van der Waals surface area contributed by atoms with E-state index in [1.165, 1.54) is 4.90 Å². The minimum atomic E-state index is -3.74. The van der Waals surface area contributed by atoms with Crippen LogP contribution in [0.15, 0.2) is 54.6 Å². The molecule has 34 heavy (non-hydrogen) atoms. The Morgan fingerprint density at radius 1 is 1.03 bits per heavy atom. The van der Waals surface area contributed by atoms with E-state index in [-0.39, 0.29) is 18.5 Å². The minimum Gasteiger partial charge on any atom is -0.497 e. The van der Waals surface area contributed by atoms with Gasteiger partial charge in [-0.05, 0) is 49.6 Å². The monoisotopic (exact) mass is 489 g/mol. The van der Waals surface area contributed by atoms with E-state index in [0.29, 0.717) is 17.9 Å². The molecule has 8 nitrogen and oxygen atoms in total. The van der Waals surface area contributed by atoms with Crippen LogP contribution in [0.2, 0.25) is 0 Å². The molecule has 2 amide bonds. The third-order valence-corrected chi connectivity index (χ3v) is 6.74. The Morgan fingerprint density at radius 3 is 2.26 bits per heavy atom. The van der Waals surface area contributed by atoms with Gasteiger partial charge in [0.05, 0.1) is 19.1 Å². The summed E-state index contributed by atoms with van der Waals surface area (Å²) in [7, 11) is -2.18. The highest BCUT2D eigenvalue weighted by Crippen LogP contribution is 2.21. The molecular formula is C25H35N3O5S. The lowest BCUT2D eigenvalue weighted by molar-refractivity contribution is -0.140. The van der Waals surface area contributed by atoms with Crippen LogP contribution in [0.3, 0.4) is 0 Å². The molecule has 0 bridgehead atoms. The number of hydrogen-bond donors (Lipinski definition) is 1. The molecule has 0 saturated heterocycles. The van der Waals surface area contributed by atoms with Crippen LogP contribution in [0.1, 0.15) is 39.2 Å². The third kappa shape index (κ3) is 7.48. The molecular weight excluding hydrogens is 454 g/mol. The molecule has 0 aliphatic carbocycles. The predicted octanol–water partition coefficient (Wildman–Crippen LogP) is 3.18. The maximum Gasteiger partial charge on any atom is 0.244 e. The lowest BCUT2D eigenvalue weighted by Gasteiger charge is -2.33. The molecule has 0 heterocycles. The summed E-state index contributed by atoms with van der Waals surface area (Å²) in [6.45, 7) is 5.42. The number of amides is 2. The Kier molecular flexibility index (Phi) is 9.92. The zero-order chi connectivity index (χ0) is 25.3. The topological polar surface area (TPSA) is 96.0 Å². The number of ether oxygens (including phenoxy) is 1. The summed E-state index contributed by atoms with van der Waals surface area (Å²) >= 11 is 0. The average Bonchev–Trinajstić information content (AvgIpc) is 2.82. The van der Waals surface area contributed by atoms with E-state index in [2.05, 4.69) is 5.32 Å². The van der Waals surface area contributed by atoms with Crippen LogP contribution in [0, 0.1) is 0 Å². The molecule has 2 aromatic carbocycles. The van der Waals surface area contributed by atoms with Gasteiger partial charge < -0.3 is 15.0 Å². The lowest BCUT2D eigenvalue weighted by atomic mass is 10.1. The molecule has 0 unspecified atom stereocenters. The van der Waals surface area contributed by atoms with Gasteiger partial charge in [-0.25, -0.2) is 8.42 Å². The van der Waals surface area contributed by atoms with E-state index in [1.54, 1.807) is 49.6 Å². The Bertz CT molecular complexity index is 1060. The Morgan fingerprint density at radius 2 is 1.71 bits per heavy atom. The van der Waals surface area contributed by atoms with Crippen molar-refractivity contribution in [3.05, 3.63) is 60.2 Å². The molecule has 0 saturated carbocycles. The Labute approximate surface area is 202 Å². The van der Waals surface area contributed by atoms with Gasteiger partial charge in [0.15, 0.2) is 0 Å². The SMILES string of the molecule is CC[C@H](C)NC(=O)[C@H](CC)N(Cc1cccc(OC)c1)C(=O)CN(c1ccccc1)S(C)(=O)=O. The molecule has 0 aromatic heterocycles. The first-order valence-electron chi connectivity index (χ1n) is 11.4. The van der Waals surface area contributed by atoms with Crippen molar-refractivity contribution in [3.63, 3.8) is 0 Å². The number of nitrogens with zero attached hydrogens (tertiary/aromatic N) is 2. The van der Waals surface area contributed by atoms with Crippen LogP contribution in [-0.4, -0.2) is 57.1 Å². The summed E-state index contributed by atoms with van der Waals surface area (Å²) in [5.74, 6) is -0.106. The largest absolute Gasteiger partial charge is 0.497 e. The van der Waals surface area contributed by atoms with E-state index in [4.69, 9.17) is 4.74 Å². The standard InChI is InChI=1S/C25H35N3O5S/c1-6-19(3)26-25(30)23(7-2)27(17-20-12-11-15-22(16-20)33-4)24(29)18-28(34(5,31)32)21-13-9-8-10-14-21/h8-16,19,23H,6-7,17-18H2,1-5H3,(H,26,30)/t19-,23-/m0/s1. The number of anilines is 1. The summed E-state index contributed by atoms with van der Waals surface area (Å²) < 4.78 is 31.5. The van der Waals surface area contributed by atoms with Gasteiger partial charge in [-0.1, -0.05) is 44.2 Å². The first kappa shape index (κ1) is 27.2. The molecule has 1 N–H and O–H groups in total. The van der Waals surface area contributed by atoms with E-state index < -0.39 is 28.5 Å². The number of para-hydroxylation sites is 1. The van der Waals surface area contributed by atoms with Crippen molar-refractivity contribution in [2.45, 2.75) is 52.2 Å². The van der Waals surface area contributed by atoms with Crippen LogP contribution in [-0.2, 0) is 26.2 Å². The van der Waals surface area contributed by atoms with Gasteiger partial charge >= 0.3 is 0 Å². The normalized spacial score (nSPS) is 13.0. The molecule has 0 spiro atoms. The predicted molar refractivity (Wildman–Crippen MR) is 134 cm³/mol. The number of methoxy groups -OCH3 is 1. The van der Waals surface area contributed by atoms with Crippen LogP contribution >= 0.6 is 0 Å². The molecule has 0 aliphatic heterocycles. The van der Waals surface area contributed by atoms with Crippen molar-refractivity contribution in [1.29, 1.82) is 0 Å². The number of hydrogen-bond acceptors (Lipinski definition) is 5. The van der Waals surface area contributed by atoms with E-state index in [1.807, 2.05) is 32.9 Å². The van der Waals surface area contributed by atoms with Gasteiger partial charge in [-0.2, -0.15) is 0 Å². The van der Waals surface area contributed by atoms with Gasteiger partial charge in [0.1, 0.15) is 18.3 Å². The number of nitrogens with one attached hydrogen (secondary N) is 1. The zero-order valence-corrected chi connectivity index (χ0v) is 21.3. The lowest BCUT2D eigenvalue weighted by Crippen LogP contribution is -2.53. The summed E-state index contributed by atoms with van der Waals surface area (Å²) in [6, 6.07) is 14.9. The molecule has 0 radical (unpaired) electrons. The quantitative estimate of drug-likeness (QED) is 0.494. The van der Waals surface area contributed by atoms with Crippen LogP contribution in [0.25, 0.3) is 0 Å². The van der Waals surface area contributed by atoms with Crippen molar-refractivity contribution >= 4 is 27.5 Å². The number of sulfonamides is 1. The van der Waals surface area contributed by atoms with Crippen LogP contribution in [0.5, 0.6) is 5.75 Å². The molecule has 0 fully saturated rings. The highest BCUT2D eigenvalue weighted by Gasteiger charge is 2.32. The molecule has 2 atom stereocenters. The molecule has 2 rings (SSSR count). The summed E-state index contributed by atoms with van der Waals surface area (Å²) in [5, 5.41) is 2.95. The first-order valence-corrected chi connectivity index (χ1v) is 13.2. The van der Waals surface area contributed by atoms with Gasteiger partial charge in [-0.15, -0.1) is 0 Å². The molecule has 186 valence electrons. The summed E-state index contributed by atoms with van der Waals surface area (Å²) in [5.41, 5.74) is 1.16. The van der Waals surface area contributed by atoms with Crippen molar-refractivity contribution in [2.24, 2.45) is 0 Å². The molecule has 2 aromatic rings. The van der Waals surface area contributed by atoms with Crippen LogP contribution in [0.4, 0.5) is 5.69 Å². The van der Waals surface area contributed by atoms with Gasteiger partial charge in [0.2, 0.25) is 21.8 Å². The van der Waals surface area contributed by atoms with E-state index in [9.17, 15) is 18.0 Å². The smallest absolute Gasteiger partial charge is 0.244 e. The fourth-order valence-electron chi connectivity index (χ4n) is 3.54. The van der Waals surface area contributed by atoms with Gasteiger partial charge in [0.25, 0.3) is 0 Å². The van der Waals surface area contributed by atoms with E-state index in [0.717, 1.165) is 22.5 Å². The van der Waals surface area contributed by atoms with Crippen molar-refractivity contribution in [1.82, 2.24) is 10.2 Å². The maximum atomic E-state index is 13.6. The Balaban J connectivity index is 2.43. The fraction of sp³-hybridized carbons (Fsp3) is 0.440. The summed E-state index contributed by atoms with van der Waals surface area (Å²) in [6.07, 6.45) is 2.19. The third-order valence-electron chi connectivity index (χ3n) is 5.60. The average molecular weight is 490 g/mol. The number of carbonyl (C=O) groups is 2. The van der Waals surface area contributed by atoms with E-state index >= 15 is 0 Å². The molecule has 9 heteroatoms.